The lowest BCUT2D eigenvalue weighted by molar-refractivity contribution is -0.127. The van der Waals surface area contributed by atoms with Gasteiger partial charge in [0.15, 0.2) is 6.10 Å². The lowest BCUT2D eigenvalue weighted by Gasteiger charge is -2.18. The molecule has 2 rings (SSSR count). The third-order valence-corrected chi connectivity index (χ3v) is 3.09. The molecule has 2 N–H and O–H groups in total. The molecule has 2 atom stereocenters. The highest BCUT2D eigenvalue weighted by Crippen LogP contribution is 2.18. The number of H-pyrrole nitrogens is 1. The summed E-state index contributed by atoms with van der Waals surface area (Å²) >= 11 is 5.87. The summed E-state index contributed by atoms with van der Waals surface area (Å²) in [4.78, 5) is 12.0. The van der Waals surface area contributed by atoms with Crippen molar-refractivity contribution in [2.45, 2.75) is 26.0 Å². The van der Waals surface area contributed by atoms with Gasteiger partial charge < -0.3 is 10.1 Å². The molecule has 0 bridgehead atoms. The largest absolute Gasteiger partial charge is 0.481 e. The molecule has 0 aliphatic heterocycles. The van der Waals surface area contributed by atoms with E-state index in [4.69, 9.17) is 16.3 Å². The summed E-state index contributed by atoms with van der Waals surface area (Å²) in [5, 5.41) is 9.99. The predicted octanol–water partition coefficient (Wildman–Crippen LogP) is 2.71. The molecule has 1 aromatic carbocycles. The zero-order chi connectivity index (χ0) is 14.5. The van der Waals surface area contributed by atoms with Crippen LogP contribution in [0.25, 0.3) is 0 Å². The fourth-order valence-electron chi connectivity index (χ4n) is 1.71. The van der Waals surface area contributed by atoms with Crippen LogP contribution in [0.2, 0.25) is 5.02 Å². The van der Waals surface area contributed by atoms with E-state index in [1.165, 1.54) is 0 Å². The van der Waals surface area contributed by atoms with Gasteiger partial charge in [-0.1, -0.05) is 17.7 Å². The first-order chi connectivity index (χ1) is 9.56. The van der Waals surface area contributed by atoms with E-state index >= 15 is 0 Å². The van der Waals surface area contributed by atoms with Gasteiger partial charge >= 0.3 is 0 Å². The van der Waals surface area contributed by atoms with E-state index < -0.39 is 6.10 Å². The summed E-state index contributed by atoms with van der Waals surface area (Å²) in [6.45, 7) is 3.58. The Balaban J connectivity index is 1.92. The van der Waals surface area contributed by atoms with E-state index in [0.29, 0.717) is 10.8 Å². The van der Waals surface area contributed by atoms with Gasteiger partial charge in [-0.3, -0.25) is 9.89 Å². The van der Waals surface area contributed by atoms with Crippen molar-refractivity contribution in [3.8, 4) is 5.75 Å². The smallest absolute Gasteiger partial charge is 0.261 e. The van der Waals surface area contributed by atoms with Crippen LogP contribution in [-0.2, 0) is 4.79 Å². The molecular formula is C14H16ClN3O2. The van der Waals surface area contributed by atoms with E-state index in [1.807, 2.05) is 6.92 Å². The third kappa shape index (κ3) is 3.74. The maximum atomic E-state index is 12.0. The number of carbonyl (C=O) groups is 1. The summed E-state index contributed by atoms with van der Waals surface area (Å²) in [5.74, 6) is 0.370. The molecule has 2 unspecified atom stereocenters. The van der Waals surface area contributed by atoms with Crippen LogP contribution in [0.15, 0.2) is 36.7 Å². The standard InChI is InChI=1S/C14H16ClN3O2/c1-9(11-7-16-17-8-11)18-14(19)10(2)20-13-5-3-4-12(15)6-13/h3-10H,1-2H3,(H,16,17)(H,18,19). The molecule has 106 valence electrons. The normalized spacial score (nSPS) is 13.6. The molecule has 20 heavy (non-hydrogen) atoms. The Labute approximate surface area is 122 Å². The highest BCUT2D eigenvalue weighted by Gasteiger charge is 2.18. The fourth-order valence-corrected chi connectivity index (χ4v) is 1.89. The Hall–Kier alpha value is -2.01. The van der Waals surface area contributed by atoms with Crippen molar-refractivity contribution in [1.29, 1.82) is 0 Å². The maximum absolute atomic E-state index is 12.0. The average Bonchev–Trinajstić information content (AvgIpc) is 2.92. The number of halogens is 1. The fraction of sp³-hybridized carbons (Fsp3) is 0.286. The van der Waals surface area contributed by atoms with Crippen LogP contribution in [0.5, 0.6) is 5.75 Å². The molecule has 0 saturated heterocycles. The van der Waals surface area contributed by atoms with Crippen molar-refractivity contribution in [2.24, 2.45) is 0 Å². The number of nitrogens with one attached hydrogen (secondary N) is 2. The molecule has 0 fully saturated rings. The molecule has 0 spiro atoms. The van der Waals surface area contributed by atoms with Crippen molar-refractivity contribution in [3.05, 3.63) is 47.2 Å². The first-order valence-electron chi connectivity index (χ1n) is 6.27. The number of rotatable bonds is 5. The predicted molar refractivity (Wildman–Crippen MR) is 76.7 cm³/mol. The lowest BCUT2D eigenvalue weighted by atomic mass is 10.2. The van der Waals surface area contributed by atoms with Gasteiger partial charge in [0.2, 0.25) is 0 Å². The summed E-state index contributed by atoms with van der Waals surface area (Å²) in [6, 6.07) is 6.82. The van der Waals surface area contributed by atoms with E-state index in [2.05, 4.69) is 15.5 Å². The Bertz CT molecular complexity index is 572. The van der Waals surface area contributed by atoms with Gasteiger partial charge in [-0.2, -0.15) is 5.10 Å². The van der Waals surface area contributed by atoms with Crippen LogP contribution in [-0.4, -0.2) is 22.2 Å². The first-order valence-corrected chi connectivity index (χ1v) is 6.65. The van der Waals surface area contributed by atoms with Crippen LogP contribution in [0.3, 0.4) is 0 Å². The van der Waals surface area contributed by atoms with Crippen LogP contribution < -0.4 is 10.1 Å². The minimum Gasteiger partial charge on any atom is -0.481 e. The van der Waals surface area contributed by atoms with Gasteiger partial charge in [0.25, 0.3) is 5.91 Å². The second kappa shape index (κ2) is 6.43. The van der Waals surface area contributed by atoms with Gasteiger partial charge in [-0.15, -0.1) is 0 Å². The van der Waals surface area contributed by atoms with Crippen molar-refractivity contribution in [1.82, 2.24) is 15.5 Å². The number of aromatic amines is 1. The van der Waals surface area contributed by atoms with Gasteiger partial charge in [0, 0.05) is 16.8 Å². The Morgan fingerprint density at radius 2 is 2.25 bits per heavy atom. The number of hydrogen-bond donors (Lipinski definition) is 2. The third-order valence-electron chi connectivity index (χ3n) is 2.86. The molecule has 0 radical (unpaired) electrons. The zero-order valence-corrected chi connectivity index (χ0v) is 12.0. The lowest BCUT2D eigenvalue weighted by Crippen LogP contribution is -2.37. The van der Waals surface area contributed by atoms with Crippen LogP contribution >= 0.6 is 11.6 Å². The van der Waals surface area contributed by atoms with Crippen LogP contribution in [0.1, 0.15) is 25.5 Å². The number of amides is 1. The minimum absolute atomic E-state index is 0.133. The van der Waals surface area contributed by atoms with Gasteiger partial charge in [-0.05, 0) is 32.0 Å². The quantitative estimate of drug-likeness (QED) is 0.891. The number of hydrogen-bond acceptors (Lipinski definition) is 3. The Kier molecular flexibility index (Phi) is 4.63. The molecular weight excluding hydrogens is 278 g/mol. The Morgan fingerprint density at radius 3 is 2.90 bits per heavy atom. The molecule has 5 nitrogen and oxygen atoms in total. The molecule has 1 heterocycles. The number of ether oxygens (including phenoxy) is 1. The van der Waals surface area contributed by atoms with Gasteiger partial charge in [0.05, 0.1) is 12.2 Å². The minimum atomic E-state index is -0.609. The average molecular weight is 294 g/mol. The maximum Gasteiger partial charge on any atom is 0.261 e. The van der Waals surface area contributed by atoms with Crippen LogP contribution in [0, 0.1) is 0 Å². The first kappa shape index (κ1) is 14.4. The number of aromatic nitrogens is 2. The summed E-state index contributed by atoms with van der Waals surface area (Å²) < 4.78 is 5.56. The second-order valence-corrected chi connectivity index (χ2v) is 4.92. The highest BCUT2D eigenvalue weighted by molar-refractivity contribution is 6.30. The summed E-state index contributed by atoms with van der Waals surface area (Å²) in [7, 11) is 0. The molecule has 1 amide bonds. The van der Waals surface area contributed by atoms with Crippen molar-refractivity contribution in [3.63, 3.8) is 0 Å². The van der Waals surface area contributed by atoms with Gasteiger partial charge in [-0.25, -0.2) is 0 Å². The summed E-state index contributed by atoms with van der Waals surface area (Å²) in [6.07, 6.45) is 2.81. The molecule has 0 aliphatic rings. The number of carbonyl (C=O) groups excluding carboxylic acids is 1. The molecule has 2 aromatic rings. The van der Waals surface area contributed by atoms with E-state index in [1.54, 1.807) is 43.6 Å². The monoisotopic (exact) mass is 293 g/mol. The topological polar surface area (TPSA) is 67.0 Å². The molecule has 6 heteroatoms. The summed E-state index contributed by atoms with van der Waals surface area (Å²) in [5.41, 5.74) is 0.910. The molecule has 0 saturated carbocycles. The Morgan fingerprint density at radius 1 is 1.45 bits per heavy atom. The van der Waals surface area contributed by atoms with E-state index in [-0.39, 0.29) is 11.9 Å². The van der Waals surface area contributed by atoms with Crippen LogP contribution in [0.4, 0.5) is 0 Å². The van der Waals surface area contributed by atoms with E-state index in [9.17, 15) is 4.79 Å². The molecule has 1 aromatic heterocycles. The van der Waals surface area contributed by atoms with Crippen molar-refractivity contribution in [2.75, 3.05) is 0 Å². The second-order valence-electron chi connectivity index (χ2n) is 4.48. The van der Waals surface area contributed by atoms with Crippen molar-refractivity contribution >= 4 is 17.5 Å². The van der Waals surface area contributed by atoms with Gasteiger partial charge in [0.1, 0.15) is 5.75 Å². The number of nitrogens with zero attached hydrogens (tertiary/aromatic N) is 1. The highest BCUT2D eigenvalue weighted by atomic mass is 35.5. The number of benzene rings is 1. The van der Waals surface area contributed by atoms with Crippen molar-refractivity contribution < 1.29 is 9.53 Å². The molecule has 0 aliphatic carbocycles. The van der Waals surface area contributed by atoms with E-state index in [0.717, 1.165) is 5.56 Å². The zero-order valence-electron chi connectivity index (χ0n) is 11.3. The SMILES string of the molecule is CC(Oc1cccc(Cl)c1)C(=O)NC(C)c1cn[nH]c1.